The van der Waals surface area contributed by atoms with Gasteiger partial charge in [0.15, 0.2) is 0 Å². The molecule has 0 aliphatic carbocycles. The summed E-state index contributed by atoms with van der Waals surface area (Å²) in [5.74, 6) is -2.50. The molecular formula is C18H25F2N3O3S. The molecule has 27 heavy (non-hydrogen) atoms. The van der Waals surface area contributed by atoms with E-state index in [-0.39, 0.29) is 16.0 Å². The SMILES string of the molecule is Cc1nc(C(C)(F)F)ccc1S(=O)(=O)N1CC2(CN(C[C@@H]3CCOC3)C2)C1. The summed E-state index contributed by atoms with van der Waals surface area (Å²) in [4.78, 5) is 6.20. The fourth-order valence-electron chi connectivity index (χ4n) is 4.40. The van der Waals surface area contributed by atoms with Crippen LogP contribution in [0.3, 0.4) is 0 Å². The lowest BCUT2D eigenvalue weighted by Crippen LogP contribution is -2.73. The van der Waals surface area contributed by atoms with E-state index in [1.54, 1.807) is 0 Å². The van der Waals surface area contributed by atoms with Gasteiger partial charge in [0.25, 0.3) is 5.92 Å². The Bertz CT molecular complexity index is 821. The minimum absolute atomic E-state index is 0.0182. The molecule has 6 nitrogen and oxygen atoms in total. The Morgan fingerprint density at radius 3 is 2.56 bits per heavy atom. The van der Waals surface area contributed by atoms with E-state index in [1.165, 1.54) is 17.3 Å². The van der Waals surface area contributed by atoms with Crippen LogP contribution >= 0.6 is 0 Å². The van der Waals surface area contributed by atoms with Crippen molar-refractivity contribution in [3.8, 4) is 0 Å². The van der Waals surface area contributed by atoms with E-state index >= 15 is 0 Å². The standard InChI is InChI=1S/C18H25F2N3O3S/c1-13-15(3-4-16(21-13)17(2,19)20)27(24,25)23-11-18(12-23)9-22(10-18)7-14-5-6-26-8-14/h3-4,14H,5-12H2,1-2H3/t14-/m0/s1. The zero-order valence-electron chi connectivity index (χ0n) is 15.6. The Morgan fingerprint density at radius 2 is 2.00 bits per heavy atom. The lowest BCUT2D eigenvalue weighted by atomic mass is 9.74. The van der Waals surface area contributed by atoms with Crippen molar-refractivity contribution in [1.29, 1.82) is 0 Å². The predicted molar refractivity (Wildman–Crippen MR) is 95.1 cm³/mol. The number of ether oxygens (including phenoxy) is 1. The summed E-state index contributed by atoms with van der Waals surface area (Å²) in [5, 5.41) is 0. The second kappa shape index (κ2) is 6.43. The summed E-state index contributed by atoms with van der Waals surface area (Å²) in [6, 6.07) is 2.35. The van der Waals surface area contributed by atoms with Gasteiger partial charge in [-0.1, -0.05) is 0 Å². The van der Waals surface area contributed by atoms with E-state index in [0.717, 1.165) is 52.3 Å². The van der Waals surface area contributed by atoms with Gasteiger partial charge in [-0.15, -0.1) is 0 Å². The van der Waals surface area contributed by atoms with Gasteiger partial charge in [-0.25, -0.2) is 8.42 Å². The number of likely N-dealkylation sites (tertiary alicyclic amines) is 1. The molecule has 4 rings (SSSR count). The Hall–Kier alpha value is -1.16. The fourth-order valence-corrected chi connectivity index (χ4v) is 6.23. The number of halogens is 2. The van der Waals surface area contributed by atoms with Crippen LogP contribution in [0.4, 0.5) is 8.78 Å². The number of aromatic nitrogens is 1. The van der Waals surface area contributed by atoms with Crippen molar-refractivity contribution in [3.05, 3.63) is 23.5 Å². The van der Waals surface area contributed by atoms with Gasteiger partial charge in [0.2, 0.25) is 10.0 Å². The predicted octanol–water partition coefficient (Wildman–Crippen LogP) is 1.84. The molecule has 1 aromatic rings. The minimum Gasteiger partial charge on any atom is -0.381 e. The first-order valence-electron chi connectivity index (χ1n) is 9.25. The third-order valence-corrected chi connectivity index (χ3v) is 7.71. The van der Waals surface area contributed by atoms with E-state index in [4.69, 9.17) is 4.74 Å². The van der Waals surface area contributed by atoms with E-state index in [0.29, 0.717) is 19.0 Å². The molecule has 3 fully saturated rings. The molecule has 9 heteroatoms. The fraction of sp³-hybridized carbons (Fsp3) is 0.722. The molecule has 3 aliphatic rings. The highest BCUT2D eigenvalue weighted by atomic mass is 32.2. The topological polar surface area (TPSA) is 62.7 Å². The number of hydrogen-bond acceptors (Lipinski definition) is 5. The Balaban J connectivity index is 1.38. The number of alkyl halides is 2. The van der Waals surface area contributed by atoms with E-state index < -0.39 is 21.6 Å². The number of rotatable bonds is 5. The van der Waals surface area contributed by atoms with Gasteiger partial charge in [-0.3, -0.25) is 4.98 Å². The van der Waals surface area contributed by atoms with Gasteiger partial charge in [0.1, 0.15) is 10.6 Å². The molecule has 1 spiro atoms. The van der Waals surface area contributed by atoms with Crippen molar-refractivity contribution >= 4 is 10.0 Å². The van der Waals surface area contributed by atoms with Crippen LogP contribution in [0.1, 0.15) is 24.7 Å². The van der Waals surface area contributed by atoms with Crippen molar-refractivity contribution in [2.75, 3.05) is 45.9 Å². The molecule has 0 aromatic carbocycles. The Labute approximate surface area is 158 Å². The van der Waals surface area contributed by atoms with Gasteiger partial charge in [-0.2, -0.15) is 13.1 Å². The van der Waals surface area contributed by atoms with E-state index in [1.807, 2.05) is 0 Å². The molecule has 1 aromatic heterocycles. The average molecular weight is 401 g/mol. The summed E-state index contributed by atoms with van der Waals surface area (Å²) in [7, 11) is -3.69. The molecule has 150 valence electrons. The van der Waals surface area contributed by atoms with Crippen LogP contribution in [0.2, 0.25) is 0 Å². The molecule has 0 saturated carbocycles. The number of aryl methyl sites for hydroxylation is 1. The first-order chi connectivity index (χ1) is 12.6. The van der Waals surface area contributed by atoms with Gasteiger partial charge in [0, 0.05) is 51.7 Å². The molecule has 4 heterocycles. The number of sulfonamides is 1. The third kappa shape index (κ3) is 3.50. The van der Waals surface area contributed by atoms with Gasteiger partial charge in [0.05, 0.1) is 12.3 Å². The monoisotopic (exact) mass is 401 g/mol. The van der Waals surface area contributed by atoms with Gasteiger partial charge < -0.3 is 9.64 Å². The molecular weight excluding hydrogens is 376 g/mol. The van der Waals surface area contributed by atoms with Crippen LogP contribution in [-0.4, -0.2) is 68.5 Å². The smallest absolute Gasteiger partial charge is 0.286 e. The van der Waals surface area contributed by atoms with Crippen LogP contribution in [0.25, 0.3) is 0 Å². The Kier molecular flexibility index (Phi) is 4.57. The van der Waals surface area contributed by atoms with Crippen molar-refractivity contribution in [1.82, 2.24) is 14.2 Å². The summed E-state index contributed by atoms with van der Waals surface area (Å²) in [6.07, 6.45) is 1.10. The molecule has 1 atom stereocenters. The van der Waals surface area contributed by atoms with Crippen molar-refractivity contribution in [2.24, 2.45) is 11.3 Å². The maximum absolute atomic E-state index is 13.4. The number of pyridine rings is 1. The largest absolute Gasteiger partial charge is 0.381 e. The Morgan fingerprint density at radius 1 is 1.30 bits per heavy atom. The highest BCUT2D eigenvalue weighted by molar-refractivity contribution is 7.89. The van der Waals surface area contributed by atoms with E-state index in [9.17, 15) is 17.2 Å². The maximum Gasteiger partial charge on any atom is 0.286 e. The van der Waals surface area contributed by atoms with Crippen molar-refractivity contribution in [2.45, 2.75) is 31.1 Å². The highest BCUT2D eigenvalue weighted by Gasteiger charge is 2.55. The van der Waals surface area contributed by atoms with Gasteiger partial charge >= 0.3 is 0 Å². The van der Waals surface area contributed by atoms with Crippen LogP contribution in [0, 0.1) is 18.3 Å². The quantitative estimate of drug-likeness (QED) is 0.754. The molecule has 3 aliphatic heterocycles. The van der Waals surface area contributed by atoms with Crippen molar-refractivity contribution in [3.63, 3.8) is 0 Å². The molecule has 0 radical (unpaired) electrons. The second-order valence-corrected chi connectivity index (χ2v) is 10.2. The summed E-state index contributed by atoms with van der Waals surface area (Å²) >= 11 is 0. The zero-order valence-corrected chi connectivity index (χ0v) is 16.4. The lowest BCUT2D eigenvalue weighted by molar-refractivity contribution is -0.0860. The van der Waals surface area contributed by atoms with Gasteiger partial charge in [-0.05, 0) is 31.4 Å². The van der Waals surface area contributed by atoms with Crippen LogP contribution in [-0.2, 0) is 20.7 Å². The minimum atomic E-state index is -3.69. The first kappa shape index (κ1) is 19.2. The van der Waals surface area contributed by atoms with Crippen LogP contribution < -0.4 is 0 Å². The number of nitrogens with zero attached hydrogens (tertiary/aromatic N) is 3. The van der Waals surface area contributed by atoms with Crippen LogP contribution in [0.15, 0.2) is 17.0 Å². The molecule has 0 unspecified atom stereocenters. The normalized spacial score (nSPS) is 26.1. The number of hydrogen-bond donors (Lipinski definition) is 0. The molecule has 0 N–H and O–H groups in total. The molecule has 3 saturated heterocycles. The summed E-state index contributed by atoms with van der Waals surface area (Å²) in [6.45, 7) is 7.69. The summed E-state index contributed by atoms with van der Waals surface area (Å²) in [5.41, 5.74) is -0.249. The highest BCUT2D eigenvalue weighted by Crippen LogP contribution is 2.43. The van der Waals surface area contributed by atoms with E-state index in [2.05, 4.69) is 9.88 Å². The average Bonchev–Trinajstić information content (AvgIpc) is 2.99. The second-order valence-electron chi connectivity index (χ2n) is 8.34. The lowest BCUT2D eigenvalue weighted by Gasteiger charge is -2.60. The first-order valence-corrected chi connectivity index (χ1v) is 10.7. The maximum atomic E-state index is 13.4. The summed E-state index contributed by atoms with van der Waals surface area (Å²) < 4.78 is 59.4. The molecule has 0 bridgehead atoms. The third-order valence-electron chi connectivity index (χ3n) is 5.79. The van der Waals surface area contributed by atoms with Crippen LogP contribution in [0.5, 0.6) is 0 Å². The van der Waals surface area contributed by atoms with Crippen molar-refractivity contribution < 1.29 is 21.9 Å². The molecule has 0 amide bonds. The zero-order chi connectivity index (χ0) is 19.4.